The molecule has 1 rings (SSSR count). The second-order valence-corrected chi connectivity index (χ2v) is 3.02. The molecule has 1 amide bonds. The molecule has 0 saturated carbocycles. The van der Waals surface area contributed by atoms with Gasteiger partial charge in [-0.2, -0.15) is 0 Å². The molecule has 1 N–H and O–H groups in total. The van der Waals surface area contributed by atoms with Crippen molar-refractivity contribution in [2.45, 2.75) is 6.92 Å². The lowest BCUT2D eigenvalue weighted by molar-refractivity contribution is -0.126. The minimum absolute atomic E-state index is 0.0725. The number of hydrogen-bond acceptors (Lipinski definition) is 3. The number of piperazine rings is 1. The van der Waals surface area contributed by atoms with E-state index in [1.165, 1.54) is 19.1 Å². The highest BCUT2D eigenvalue weighted by Gasteiger charge is 2.12. The molecule has 4 heteroatoms. The van der Waals surface area contributed by atoms with Gasteiger partial charge in [-0.1, -0.05) is 0 Å². The van der Waals surface area contributed by atoms with Crippen molar-refractivity contribution >= 4 is 11.7 Å². The van der Waals surface area contributed by atoms with Crippen LogP contribution >= 0.6 is 0 Å². The third-order valence-corrected chi connectivity index (χ3v) is 1.89. The maximum Gasteiger partial charge on any atom is 0.246 e. The Morgan fingerprint density at radius 1 is 1.23 bits per heavy atom. The topological polar surface area (TPSA) is 49.4 Å². The molecule has 0 aromatic heterocycles. The molecule has 0 radical (unpaired) electrons. The first kappa shape index (κ1) is 9.92. The highest BCUT2D eigenvalue weighted by molar-refractivity contribution is 5.96. The van der Waals surface area contributed by atoms with Crippen LogP contribution in [-0.2, 0) is 9.59 Å². The molecule has 0 aliphatic carbocycles. The fourth-order valence-corrected chi connectivity index (χ4v) is 1.18. The summed E-state index contributed by atoms with van der Waals surface area (Å²) in [5.41, 5.74) is 0. The van der Waals surface area contributed by atoms with Crippen molar-refractivity contribution in [3.8, 4) is 0 Å². The molecule has 1 aliphatic heterocycles. The number of nitrogens with one attached hydrogen (secondary N) is 1. The van der Waals surface area contributed by atoms with Crippen LogP contribution in [0.5, 0.6) is 0 Å². The smallest absolute Gasteiger partial charge is 0.246 e. The molecular formula is C9H14N2O2. The van der Waals surface area contributed by atoms with Crippen LogP contribution in [0.2, 0.25) is 0 Å². The Morgan fingerprint density at radius 3 is 2.38 bits per heavy atom. The van der Waals surface area contributed by atoms with E-state index in [1.807, 2.05) is 0 Å². The minimum Gasteiger partial charge on any atom is -0.337 e. The molecule has 1 heterocycles. The Labute approximate surface area is 77.6 Å². The van der Waals surface area contributed by atoms with Gasteiger partial charge in [-0.15, -0.1) is 0 Å². The van der Waals surface area contributed by atoms with E-state index in [0.29, 0.717) is 0 Å². The number of ketones is 1. The van der Waals surface area contributed by atoms with Crippen LogP contribution < -0.4 is 5.32 Å². The van der Waals surface area contributed by atoms with Gasteiger partial charge in [0.15, 0.2) is 5.78 Å². The lowest BCUT2D eigenvalue weighted by Gasteiger charge is -2.26. The first-order valence-corrected chi connectivity index (χ1v) is 4.38. The number of hydrogen-bond donors (Lipinski definition) is 1. The number of nitrogens with zero attached hydrogens (tertiary/aromatic N) is 1. The van der Waals surface area contributed by atoms with E-state index >= 15 is 0 Å². The molecular weight excluding hydrogens is 168 g/mol. The standard InChI is InChI=1S/C9H14N2O2/c1-8(12)2-3-9(13)11-6-4-10-5-7-11/h2-3,10H,4-7H2,1H3/b3-2+. The van der Waals surface area contributed by atoms with Crippen molar-refractivity contribution in [2.75, 3.05) is 26.2 Å². The Kier molecular flexibility index (Phi) is 3.64. The SMILES string of the molecule is CC(=O)/C=C/C(=O)N1CCNCC1. The maximum atomic E-state index is 11.4. The molecule has 4 nitrogen and oxygen atoms in total. The van der Waals surface area contributed by atoms with Crippen LogP contribution in [0.25, 0.3) is 0 Å². The van der Waals surface area contributed by atoms with Gasteiger partial charge < -0.3 is 10.2 Å². The van der Waals surface area contributed by atoms with Crippen molar-refractivity contribution in [2.24, 2.45) is 0 Å². The maximum absolute atomic E-state index is 11.4. The van der Waals surface area contributed by atoms with Gasteiger partial charge in [0, 0.05) is 32.3 Å². The fraction of sp³-hybridized carbons (Fsp3) is 0.556. The third kappa shape index (κ3) is 3.38. The minimum atomic E-state index is -0.0940. The van der Waals surface area contributed by atoms with Crippen LogP contribution in [0.1, 0.15) is 6.92 Å². The van der Waals surface area contributed by atoms with E-state index in [4.69, 9.17) is 0 Å². The van der Waals surface area contributed by atoms with E-state index in [2.05, 4.69) is 5.32 Å². The molecule has 0 aromatic rings. The summed E-state index contributed by atoms with van der Waals surface area (Å²) in [4.78, 5) is 23.7. The zero-order valence-corrected chi connectivity index (χ0v) is 7.75. The van der Waals surface area contributed by atoms with Crippen molar-refractivity contribution in [3.05, 3.63) is 12.2 Å². The number of carbonyl (C=O) groups is 2. The molecule has 0 atom stereocenters. The number of allylic oxidation sites excluding steroid dienone is 1. The number of rotatable bonds is 2. The summed E-state index contributed by atoms with van der Waals surface area (Å²) in [7, 11) is 0. The van der Waals surface area contributed by atoms with Crippen molar-refractivity contribution in [1.82, 2.24) is 10.2 Å². The first-order chi connectivity index (χ1) is 6.20. The molecule has 0 unspecified atom stereocenters. The fourth-order valence-electron chi connectivity index (χ4n) is 1.18. The normalized spacial score (nSPS) is 17.8. The van der Waals surface area contributed by atoms with Gasteiger partial charge in [-0.25, -0.2) is 0 Å². The average molecular weight is 182 g/mol. The van der Waals surface area contributed by atoms with E-state index in [1.54, 1.807) is 4.90 Å². The van der Waals surface area contributed by atoms with Gasteiger partial charge in [0.1, 0.15) is 0 Å². The van der Waals surface area contributed by atoms with Crippen LogP contribution in [0.15, 0.2) is 12.2 Å². The van der Waals surface area contributed by atoms with E-state index in [-0.39, 0.29) is 11.7 Å². The van der Waals surface area contributed by atoms with Gasteiger partial charge in [-0.05, 0) is 13.0 Å². The first-order valence-electron chi connectivity index (χ1n) is 4.38. The summed E-state index contributed by atoms with van der Waals surface area (Å²) in [6.45, 7) is 4.54. The van der Waals surface area contributed by atoms with Crippen LogP contribution in [0.3, 0.4) is 0 Å². The molecule has 0 spiro atoms. The predicted molar refractivity (Wildman–Crippen MR) is 49.3 cm³/mol. The molecule has 13 heavy (non-hydrogen) atoms. The molecule has 1 aliphatic rings. The highest BCUT2D eigenvalue weighted by Crippen LogP contribution is 1.94. The molecule has 0 bridgehead atoms. The van der Waals surface area contributed by atoms with Crippen molar-refractivity contribution in [3.63, 3.8) is 0 Å². The summed E-state index contributed by atoms with van der Waals surface area (Å²) >= 11 is 0. The Hall–Kier alpha value is -1.16. The summed E-state index contributed by atoms with van der Waals surface area (Å²) in [6.07, 6.45) is 2.65. The van der Waals surface area contributed by atoms with Gasteiger partial charge in [0.25, 0.3) is 0 Å². The second-order valence-electron chi connectivity index (χ2n) is 3.02. The largest absolute Gasteiger partial charge is 0.337 e. The quantitative estimate of drug-likeness (QED) is 0.589. The summed E-state index contributed by atoms with van der Waals surface area (Å²) in [5.74, 6) is -0.166. The number of carbonyl (C=O) groups excluding carboxylic acids is 2. The monoisotopic (exact) mass is 182 g/mol. The van der Waals surface area contributed by atoms with Crippen molar-refractivity contribution < 1.29 is 9.59 Å². The zero-order chi connectivity index (χ0) is 9.68. The molecule has 0 aromatic carbocycles. The highest BCUT2D eigenvalue weighted by atomic mass is 16.2. The number of amides is 1. The van der Waals surface area contributed by atoms with Gasteiger partial charge in [-0.3, -0.25) is 9.59 Å². The van der Waals surface area contributed by atoms with Gasteiger partial charge in [0.2, 0.25) is 5.91 Å². The van der Waals surface area contributed by atoms with Crippen LogP contribution in [0.4, 0.5) is 0 Å². The third-order valence-electron chi connectivity index (χ3n) is 1.89. The van der Waals surface area contributed by atoms with Gasteiger partial charge in [0.05, 0.1) is 0 Å². The summed E-state index contributed by atoms with van der Waals surface area (Å²) in [5, 5.41) is 3.15. The van der Waals surface area contributed by atoms with Crippen molar-refractivity contribution in [1.29, 1.82) is 0 Å². The van der Waals surface area contributed by atoms with Gasteiger partial charge >= 0.3 is 0 Å². The van der Waals surface area contributed by atoms with E-state index in [9.17, 15) is 9.59 Å². The molecule has 72 valence electrons. The lowest BCUT2D eigenvalue weighted by atomic mass is 10.3. The van der Waals surface area contributed by atoms with E-state index in [0.717, 1.165) is 26.2 Å². The Balaban J connectivity index is 2.41. The Bertz CT molecular complexity index is 230. The predicted octanol–water partition coefficient (Wildman–Crippen LogP) is -0.437. The zero-order valence-electron chi connectivity index (χ0n) is 7.75. The van der Waals surface area contributed by atoms with Crippen LogP contribution in [0, 0.1) is 0 Å². The molecule has 1 fully saturated rings. The summed E-state index contributed by atoms with van der Waals surface area (Å²) in [6, 6.07) is 0. The lowest BCUT2D eigenvalue weighted by Crippen LogP contribution is -2.45. The second kappa shape index (κ2) is 4.77. The van der Waals surface area contributed by atoms with E-state index < -0.39 is 0 Å². The average Bonchev–Trinajstić information content (AvgIpc) is 2.15. The summed E-state index contributed by atoms with van der Waals surface area (Å²) < 4.78 is 0. The Morgan fingerprint density at radius 2 is 1.85 bits per heavy atom. The van der Waals surface area contributed by atoms with Crippen LogP contribution in [-0.4, -0.2) is 42.8 Å². The molecule has 1 saturated heterocycles.